The molecule has 0 bridgehead atoms. The Morgan fingerprint density at radius 2 is 1.89 bits per heavy atom. The monoisotopic (exact) mass is 382 g/mol. The summed E-state index contributed by atoms with van der Waals surface area (Å²) >= 11 is 0. The predicted octanol–water partition coefficient (Wildman–Crippen LogP) is 2.44. The van der Waals surface area contributed by atoms with E-state index in [1.807, 2.05) is 0 Å². The van der Waals surface area contributed by atoms with Crippen LogP contribution >= 0.6 is 0 Å². The number of carbonyl (C=O) groups excluding carboxylic acids is 2. The minimum Gasteiger partial charge on any atom is -0.488 e. The zero-order valence-corrected chi connectivity index (χ0v) is 15.3. The van der Waals surface area contributed by atoms with Gasteiger partial charge in [0, 0.05) is 12.1 Å². The second-order valence-corrected chi connectivity index (χ2v) is 6.70. The van der Waals surface area contributed by atoms with Gasteiger partial charge in [0.15, 0.2) is 0 Å². The third kappa shape index (κ3) is 4.31. The number of ether oxygens (including phenoxy) is 1. The van der Waals surface area contributed by atoms with E-state index in [0.717, 1.165) is 18.4 Å². The van der Waals surface area contributed by atoms with Gasteiger partial charge < -0.3 is 20.5 Å². The van der Waals surface area contributed by atoms with E-state index >= 15 is 0 Å². The van der Waals surface area contributed by atoms with Gasteiger partial charge in [-0.05, 0) is 49.1 Å². The summed E-state index contributed by atoms with van der Waals surface area (Å²) in [6, 6.07) is 12.8. The number of piperidine rings is 1. The van der Waals surface area contributed by atoms with Crippen LogP contribution in [0, 0.1) is 0 Å². The third-order valence-electron chi connectivity index (χ3n) is 4.77. The van der Waals surface area contributed by atoms with E-state index in [9.17, 15) is 19.5 Å². The van der Waals surface area contributed by atoms with Crippen molar-refractivity contribution in [2.45, 2.75) is 31.9 Å². The number of carboxylic acid groups (broad SMARTS) is 1. The minimum absolute atomic E-state index is 0.147. The molecular formula is C21H22N2O5. The molecule has 7 nitrogen and oxygen atoms in total. The highest BCUT2D eigenvalue weighted by Crippen LogP contribution is 2.22. The fourth-order valence-corrected chi connectivity index (χ4v) is 3.35. The Labute approximate surface area is 162 Å². The highest BCUT2D eigenvalue weighted by molar-refractivity contribution is 5.97. The van der Waals surface area contributed by atoms with Crippen molar-refractivity contribution in [3.63, 3.8) is 0 Å². The number of para-hydroxylation sites is 1. The van der Waals surface area contributed by atoms with Crippen molar-refractivity contribution in [3.8, 4) is 5.75 Å². The van der Waals surface area contributed by atoms with E-state index in [1.54, 1.807) is 48.5 Å². The van der Waals surface area contributed by atoms with Gasteiger partial charge in [0.2, 0.25) is 0 Å². The number of hydrogen-bond acceptors (Lipinski definition) is 4. The molecule has 2 aromatic carbocycles. The molecule has 1 aliphatic rings. The molecule has 0 aromatic heterocycles. The highest BCUT2D eigenvalue weighted by atomic mass is 16.5. The van der Waals surface area contributed by atoms with Crippen molar-refractivity contribution in [3.05, 3.63) is 65.2 Å². The van der Waals surface area contributed by atoms with Crippen molar-refractivity contribution in [2.75, 3.05) is 6.54 Å². The zero-order valence-electron chi connectivity index (χ0n) is 15.3. The summed E-state index contributed by atoms with van der Waals surface area (Å²) in [7, 11) is 0. The molecule has 1 heterocycles. The predicted molar refractivity (Wildman–Crippen MR) is 102 cm³/mol. The maximum atomic E-state index is 12.8. The van der Waals surface area contributed by atoms with Crippen LogP contribution in [0.15, 0.2) is 48.5 Å². The normalized spacial score (nSPS) is 16.4. The van der Waals surface area contributed by atoms with Crippen LogP contribution in [-0.4, -0.2) is 40.4 Å². The number of aliphatic carboxylic acids is 1. The van der Waals surface area contributed by atoms with Gasteiger partial charge in [-0.2, -0.15) is 0 Å². The van der Waals surface area contributed by atoms with Crippen LogP contribution in [0.3, 0.4) is 0 Å². The van der Waals surface area contributed by atoms with E-state index in [4.69, 9.17) is 10.5 Å². The molecular weight excluding hydrogens is 360 g/mol. The Bertz CT molecular complexity index is 896. The number of benzene rings is 2. The van der Waals surface area contributed by atoms with Gasteiger partial charge in [0.05, 0.1) is 5.56 Å². The molecule has 0 radical (unpaired) electrons. The van der Waals surface area contributed by atoms with Crippen molar-refractivity contribution >= 4 is 17.8 Å². The number of carbonyl (C=O) groups is 3. The number of nitrogens with zero attached hydrogens (tertiary/aromatic N) is 1. The van der Waals surface area contributed by atoms with Gasteiger partial charge in [-0.25, -0.2) is 4.79 Å². The summed E-state index contributed by atoms with van der Waals surface area (Å²) in [5.41, 5.74) is 6.78. The molecule has 28 heavy (non-hydrogen) atoms. The largest absolute Gasteiger partial charge is 0.488 e. The number of likely N-dealkylation sites (tertiary alicyclic amines) is 1. The van der Waals surface area contributed by atoms with Gasteiger partial charge in [0.25, 0.3) is 11.8 Å². The minimum atomic E-state index is -0.976. The van der Waals surface area contributed by atoms with Crippen LogP contribution in [0.1, 0.15) is 45.5 Å². The van der Waals surface area contributed by atoms with Crippen LogP contribution in [0.5, 0.6) is 5.75 Å². The number of amides is 2. The summed E-state index contributed by atoms with van der Waals surface area (Å²) in [5.74, 6) is -1.49. The first-order chi connectivity index (χ1) is 13.5. The second kappa shape index (κ2) is 8.56. The number of primary amides is 1. The Morgan fingerprint density at radius 3 is 2.64 bits per heavy atom. The average Bonchev–Trinajstić information content (AvgIpc) is 2.72. The fourth-order valence-electron chi connectivity index (χ4n) is 3.35. The molecule has 3 N–H and O–H groups in total. The number of carboxylic acids is 1. The maximum absolute atomic E-state index is 12.8. The van der Waals surface area contributed by atoms with Gasteiger partial charge in [0.1, 0.15) is 18.4 Å². The molecule has 2 aromatic rings. The lowest BCUT2D eigenvalue weighted by Crippen LogP contribution is -2.48. The SMILES string of the molecule is NC(=O)c1ccccc1OCc1cccc(C(=O)N2CCCCC2C(=O)O)c1. The highest BCUT2D eigenvalue weighted by Gasteiger charge is 2.32. The van der Waals surface area contributed by atoms with Gasteiger partial charge in [-0.1, -0.05) is 24.3 Å². The van der Waals surface area contributed by atoms with Crippen molar-refractivity contribution in [1.29, 1.82) is 0 Å². The topological polar surface area (TPSA) is 110 Å². The Morgan fingerprint density at radius 1 is 1.11 bits per heavy atom. The molecule has 146 valence electrons. The van der Waals surface area contributed by atoms with Crippen LogP contribution in [0.25, 0.3) is 0 Å². The van der Waals surface area contributed by atoms with E-state index < -0.39 is 17.9 Å². The third-order valence-corrected chi connectivity index (χ3v) is 4.77. The Kier molecular flexibility index (Phi) is 5.93. The fraction of sp³-hybridized carbons (Fsp3) is 0.286. The summed E-state index contributed by atoms with van der Waals surface area (Å²) in [6.45, 7) is 0.580. The number of nitrogens with two attached hydrogens (primary N) is 1. The molecule has 3 rings (SSSR count). The molecule has 1 fully saturated rings. The molecule has 0 aliphatic carbocycles. The zero-order chi connectivity index (χ0) is 20.1. The smallest absolute Gasteiger partial charge is 0.326 e. The first-order valence-electron chi connectivity index (χ1n) is 9.11. The lowest BCUT2D eigenvalue weighted by Gasteiger charge is -2.33. The molecule has 0 spiro atoms. The molecule has 0 saturated carbocycles. The summed E-state index contributed by atoms with van der Waals surface area (Å²) in [6.07, 6.45) is 2.06. The molecule has 2 amide bonds. The first-order valence-corrected chi connectivity index (χ1v) is 9.11. The number of rotatable bonds is 6. The van der Waals surface area contributed by atoms with Gasteiger partial charge in [-0.15, -0.1) is 0 Å². The molecule has 1 saturated heterocycles. The standard InChI is InChI=1S/C21H22N2O5/c22-19(24)16-8-1-2-10-18(16)28-13-14-6-5-7-15(12-14)20(25)23-11-4-3-9-17(23)21(26)27/h1-2,5-8,10,12,17H,3-4,9,11,13H2,(H2,22,24)(H,26,27). The van der Waals surface area contributed by atoms with E-state index in [-0.39, 0.29) is 18.1 Å². The Balaban J connectivity index is 1.74. The first kappa shape index (κ1) is 19.4. The van der Waals surface area contributed by atoms with E-state index in [2.05, 4.69) is 0 Å². The molecule has 1 unspecified atom stereocenters. The molecule has 1 aliphatic heterocycles. The van der Waals surface area contributed by atoms with Crippen molar-refractivity contribution in [2.24, 2.45) is 5.73 Å². The number of hydrogen-bond donors (Lipinski definition) is 2. The van der Waals surface area contributed by atoms with Crippen LogP contribution in [-0.2, 0) is 11.4 Å². The average molecular weight is 382 g/mol. The summed E-state index contributed by atoms with van der Waals surface area (Å²) < 4.78 is 5.70. The Hall–Kier alpha value is -3.35. The second-order valence-electron chi connectivity index (χ2n) is 6.70. The van der Waals surface area contributed by atoms with Crippen LogP contribution in [0.2, 0.25) is 0 Å². The van der Waals surface area contributed by atoms with Crippen LogP contribution in [0.4, 0.5) is 0 Å². The quantitative estimate of drug-likeness (QED) is 0.797. The van der Waals surface area contributed by atoms with Crippen molar-refractivity contribution in [1.82, 2.24) is 4.90 Å². The summed E-state index contributed by atoms with van der Waals surface area (Å²) in [5, 5.41) is 9.39. The lowest BCUT2D eigenvalue weighted by molar-refractivity contribution is -0.143. The summed E-state index contributed by atoms with van der Waals surface area (Å²) in [4.78, 5) is 37.2. The van der Waals surface area contributed by atoms with Gasteiger partial charge >= 0.3 is 5.97 Å². The lowest BCUT2D eigenvalue weighted by atomic mass is 10.0. The van der Waals surface area contributed by atoms with Crippen LogP contribution < -0.4 is 10.5 Å². The maximum Gasteiger partial charge on any atom is 0.326 e. The molecule has 1 atom stereocenters. The molecule has 7 heteroatoms. The van der Waals surface area contributed by atoms with E-state index in [0.29, 0.717) is 24.3 Å². The van der Waals surface area contributed by atoms with Gasteiger partial charge in [-0.3, -0.25) is 9.59 Å². The van der Waals surface area contributed by atoms with E-state index in [1.165, 1.54) is 4.90 Å². The van der Waals surface area contributed by atoms with Crippen molar-refractivity contribution < 1.29 is 24.2 Å².